The van der Waals surface area contributed by atoms with E-state index in [1.54, 1.807) is 19.1 Å². The van der Waals surface area contributed by atoms with Crippen molar-refractivity contribution in [3.63, 3.8) is 0 Å². The SMILES string of the molecule is CC(=O)N1CC[C@H]2[C@@H]1CCN2c1cc(F)cc(NC(=O)c2cc3c(F)ccc(C)c3[nH]2)c1. The largest absolute Gasteiger partial charge is 0.366 e. The summed E-state index contributed by atoms with van der Waals surface area (Å²) in [6.45, 7) is 4.84. The number of benzene rings is 2. The summed E-state index contributed by atoms with van der Waals surface area (Å²) in [5.74, 6) is -1.27. The lowest BCUT2D eigenvalue weighted by atomic mass is 10.1. The second kappa shape index (κ2) is 7.62. The van der Waals surface area contributed by atoms with Gasteiger partial charge in [0.1, 0.15) is 17.3 Å². The lowest BCUT2D eigenvalue weighted by molar-refractivity contribution is -0.129. The molecule has 0 unspecified atom stereocenters. The van der Waals surface area contributed by atoms with E-state index in [1.807, 2.05) is 11.8 Å². The van der Waals surface area contributed by atoms with Crippen molar-refractivity contribution in [2.24, 2.45) is 0 Å². The molecule has 166 valence electrons. The number of hydrogen-bond acceptors (Lipinski definition) is 3. The number of carbonyl (C=O) groups excluding carboxylic acids is 2. The number of anilines is 2. The third-order valence-corrected chi connectivity index (χ3v) is 6.65. The molecular weight excluding hydrogens is 414 g/mol. The maximum Gasteiger partial charge on any atom is 0.272 e. The molecule has 3 aromatic rings. The molecule has 6 nitrogen and oxygen atoms in total. The highest BCUT2D eigenvalue weighted by atomic mass is 19.1. The van der Waals surface area contributed by atoms with Crippen LogP contribution in [0.1, 0.15) is 35.8 Å². The van der Waals surface area contributed by atoms with Gasteiger partial charge < -0.3 is 20.1 Å². The Labute approximate surface area is 184 Å². The predicted octanol–water partition coefficient (Wildman–Crippen LogP) is 4.21. The van der Waals surface area contributed by atoms with Crippen molar-refractivity contribution in [1.29, 1.82) is 0 Å². The lowest BCUT2D eigenvalue weighted by Gasteiger charge is -2.27. The third-order valence-electron chi connectivity index (χ3n) is 6.65. The van der Waals surface area contributed by atoms with Crippen LogP contribution in [-0.4, -0.2) is 46.9 Å². The monoisotopic (exact) mass is 438 g/mol. The lowest BCUT2D eigenvalue weighted by Crippen LogP contribution is -2.38. The summed E-state index contributed by atoms with van der Waals surface area (Å²) in [6, 6.07) is 9.22. The van der Waals surface area contributed by atoms with Crippen molar-refractivity contribution in [2.45, 2.75) is 38.8 Å². The molecule has 2 aliphatic heterocycles. The van der Waals surface area contributed by atoms with Crippen molar-refractivity contribution in [2.75, 3.05) is 23.3 Å². The number of nitrogens with one attached hydrogen (secondary N) is 2. The number of aromatic nitrogens is 1. The zero-order valence-corrected chi connectivity index (χ0v) is 17.9. The number of aromatic amines is 1. The molecule has 5 rings (SSSR count). The molecule has 2 amide bonds. The standard InChI is InChI=1S/C24H24F2N4O2/c1-13-3-4-19(26)18-12-20(28-23(13)18)24(32)27-16-9-15(25)10-17(11-16)30-8-6-21-22(30)5-7-29(21)14(2)31/h3-4,9-12,21-22,28H,5-8H2,1-2H3,(H,27,32)/t21-,22-/m0/s1. The summed E-state index contributed by atoms with van der Waals surface area (Å²) < 4.78 is 28.6. The Balaban J connectivity index is 1.39. The molecule has 0 radical (unpaired) electrons. The van der Waals surface area contributed by atoms with Crippen LogP contribution < -0.4 is 10.2 Å². The van der Waals surface area contributed by atoms with E-state index in [2.05, 4.69) is 15.2 Å². The van der Waals surface area contributed by atoms with Crippen LogP contribution in [0.4, 0.5) is 20.2 Å². The Kier molecular flexibility index (Phi) is 4.87. The molecule has 2 N–H and O–H groups in total. The van der Waals surface area contributed by atoms with E-state index in [0.717, 1.165) is 24.9 Å². The first-order valence-corrected chi connectivity index (χ1v) is 10.8. The maximum atomic E-state index is 14.5. The van der Waals surface area contributed by atoms with E-state index in [9.17, 15) is 18.4 Å². The molecule has 2 atom stereocenters. The van der Waals surface area contributed by atoms with Gasteiger partial charge in [-0.3, -0.25) is 9.59 Å². The molecule has 0 bridgehead atoms. The molecule has 2 aliphatic rings. The van der Waals surface area contributed by atoms with Crippen molar-refractivity contribution in [1.82, 2.24) is 9.88 Å². The summed E-state index contributed by atoms with van der Waals surface area (Å²) in [4.78, 5) is 31.7. The highest BCUT2D eigenvalue weighted by molar-refractivity contribution is 6.06. The number of halogens is 2. The van der Waals surface area contributed by atoms with Gasteiger partial charge in [0, 0.05) is 36.8 Å². The number of hydrogen-bond donors (Lipinski definition) is 2. The Bertz CT molecular complexity index is 1200. The van der Waals surface area contributed by atoms with Crippen molar-refractivity contribution in [3.05, 3.63) is 59.3 Å². The minimum absolute atomic E-state index is 0.0663. The van der Waals surface area contributed by atoms with Gasteiger partial charge in [-0.15, -0.1) is 0 Å². The number of amides is 2. The van der Waals surface area contributed by atoms with Crippen LogP contribution in [0.15, 0.2) is 36.4 Å². The van der Waals surface area contributed by atoms with Gasteiger partial charge >= 0.3 is 0 Å². The van der Waals surface area contributed by atoms with E-state index in [4.69, 9.17) is 0 Å². The number of rotatable bonds is 3. The van der Waals surface area contributed by atoms with Crippen LogP contribution in [0.3, 0.4) is 0 Å². The molecule has 2 fully saturated rings. The molecule has 0 spiro atoms. The summed E-state index contributed by atoms with van der Waals surface area (Å²) in [5.41, 5.74) is 2.60. The minimum atomic E-state index is -0.473. The second-order valence-electron chi connectivity index (χ2n) is 8.61. The summed E-state index contributed by atoms with van der Waals surface area (Å²) >= 11 is 0. The molecule has 3 heterocycles. The van der Waals surface area contributed by atoms with Gasteiger partial charge in [-0.05, 0) is 55.7 Å². The summed E-state index contributed by atoms with van der Waals surface area (Å²) in [7, 11) is 0. The van der Waals surface area contributed by atoms with E-state index in [-0.39, 0.29) is 23.7 Å². The van der Waals surface area contributed by atoms with Crippen LogP contribution >= 0.6 is 0 Å². The van der Waals surface area contributed by atoms with Crippen LogP contribution in [0, 0.1) is 18.6 Å². The first kappa shape index (κ1) is 20.5. The predicted molar refractivity (Wildman–Crippen MR) is 119 cm³/mol. The smallest absolute Gasteiger partial charge is 0.272 e. The molecular formula is C24H24F2N4O2. The van der Waals surface area contributed by atoms with Gasteiger partial charge in [0.25, 0.3) is 5.91 Å². The Morgan fingerprint density at radius 3 is 2.59 bits per heavy atom. The fourth-order valence-corrected chi connectivity index (χ4v) is 5.16. The van der Waals surface area contributed by atoms with Crippen molar-refractivity contribution < 1.29 is 18.4 Å². The Morgan fingerprint density at radius 2 is 1.84 bits per heavy atom. The van der Waals surface area contributed by atoms with Gasteiger partial charge in [-0.2, -0.15) is 0 Å². The molecule has 32 heavy (non-hydrogen) atoms. The normalized spacial score (nSPS) is 20.1. The van der Waals surface area contributed by atoms with Gasteiger partial charge in [-0.1, -0.05) is 6.07 Å². The zero-order valence-electron chi connectivity index (χ0n) is 17.9. The van der Waals surface area contributed by atoms with E-state index >= 15 is 0 Å². The molecule has 1 aromatic heterocycles. The Hall–Kier alpha value is -3.42. The van der Waals surface area contributed by atoms with Gasteiger partial charge in [0.05, 0.1) is 17.6 Å². The average Bonchev–Trinajstić information content (AvgIpc) is 3.44. The van der Waals surface area contributed by atoms with Crippen LogP contribution in [0.25, 0.3) is 10.9 Å². The first-order chi connectivity index (χ1) is 15.3. The molecule has 0 saturated carbocycles. The zero-order chi connectivity index (χ0) is 22.6. The molecule has 8 heteroatoms. The fourth-order valence-electron chi connectivity index (χ4n) is 5.16. The molecule has 2 aromatic carbocycles. The van der Waals surface area contributed by atoms with Gasteiger partial charge in [0.15, 0.2) is 0 Å². The number of nitrogens with zero attached hydrogens (tertiary/aromatic N) is 2. The van der Waals surface area contributed by atoms with Crippen molar-refractivity contribution in [3.8, 4) is 0 Å². The summed E-state index contributed by atoms with van der Waals surface area (Å²) in [5, 5.41) is 3.07. The number of likely N-dealkylation sites (tertiary alicyclic amines) is 1. The number of carbonyl (C=O) groups is 2. The number of H-pyrrole nitrogens is 1. The fraction of sp³-hybridized carbons (Fsp3) is 0.333. The third kappa shape index (κ3) is 3.39. The molecule has 2 saturated heterocycles. The Morgan fingerprint density at radius 1 is 1.06 bits per heavy atom. The second-order valence-corrected chi connectivity index (χ2v) is 8.61. The number of fused-ring (bicyclic) bond motifs is 2. The highest BCUT2D eigenvalue weighted by Crippen LogP contribution is 2.36. The van der Waals surface area contributed by atoms with Crippen LogP contribution in [0.5, 0.6) is 0 Å². The van der Waals surface area contributed by atoms with E-state index in [0.29, 0.717) is 28.8 Å². The van der Waals surface area contributed by atoms with E-state index < -0.39 is 17.5 Å². The van der Waals surface area contributed by atoms with Crippen LogP contribution in [0.2, 0.25) is 0 Å². The van der Waals surface area contributed by atoms with Crippen LogP contribution in [-0.2, 0) is 4.79 Å². The topological polar surface area (TPSA) is 68.4 Å². The van der Waals surface area contributed by atoms with Gasteiger partial charge in [-0.25, -0.2) is 8.78 Å². The summed E-state index contributed by atoms with van der Waals surface area (Å²) in [6.07, 6.45) is 1.67. The minimum Gasteiger partial charge on any atom is -0.366 e. The average molecular weight is 438 g/mol. The van der Waals surface area contributed by atoms with E-state index in [1.165, 1.54) is 24.3 Å². The maximum absolute atomic E-state index is 14.5. The quantitative estimate of drug-likeness (QED) is 0.644. The number of aryl methyl sites for hydroxylation is 1. The van der Waals surface area contributed by atoms with Crippen molar-refractivity contribution >= 4 is 34.1 Å². The first-order valence-electron chi connectivity index (χ1n) is 10.8. The highest BCUT2D eigenvalue weighted by Gasteiger charge is 2.43. The van der Waals surface area contributed by atoms with Gasteiger partial charge in [0.2, 0.25) is 5.91 Å². The molecule has 0 aliphatic carbocycles.